The number of amides is 2. The first-order valence-corrected chi connectivity index (χ1v) is 9.53. The predicted molar refractivity (Wildman–Crippen MR) is 89.5 cm³/mol. The lowest BCUT2D eigenvalue weighted by molar-refractivity contribution is -0.127. The Bertz CT molecular complexity index is 800. The summed E-state index contributed by atoms with van der Waals surface area (Å²) in [5.74, 6) is 0.390. The first kappa shape index (κ1) is 18.5. The number of hydrogen-bond acceptors (Lipinski definition) is 7. The van der Waals surface area contributed by atoms with Crippen molar-refractivity contribution in [1.29, 1.82) is 0 Å². The van der Waals surface area contributed by atoms with E-state index in [4.69, 9.17) is 14.2 Å². The minimum Gasteiger partial charge on any atom is -0.493 e. The molecule has 0 N–H and O–H groups in total. The first-order valence-electron chi connectivity index (χ1n) is 8.09. The van der Waals surface area contributed by atoms with Crippen LogP contribution in [0.15, 0.2) is 23.1 Å². The molecule has 9 nitrogen and oxygen atoms in total. The summed E-state index contributed by atoms with van der Waals surface area (Å²) in [6, 6.07) is 4.08. The Morgan fingerprint density at radius 3 is 2.27 bits per heavy atom. The molecular formula is C16H20N2O7S. The Balaban J connectivity index is 1.74. The van der Waals surface area contributed by atoms with Gasteiger partial charge in [0.25, 0.3) is 5.91 Å². The van der Waals surface area contributed by atoms with Gasteiger partial charge in [0.2, 0.25) is 10.0 Å². The van der Waals surface area contributed by atoms with Gasteiger partial charge in [-0.05, 0) is 25.0 Å². The molecule has 3 rings (SSSR count). The topological polar surface area (TPSA) is 102 Å². The number of benzene rings is 1. The number of rotatable bonds is 5. The Hall–Kier alpha value is -2.33. The molecule has 1 aromatic carbocycles. The molecule has 0 spiro atoms. The Morgan fingerprint density at radius 2 is 1.73 bits per heavy atom. The van der Waals surface area contributed by atoms with Crippen LogP contribution in [0.25, 0.3) is 0 Å². The molecule has 1 aromatic rings. The summed E-state index contributed by atoms with van der Waals surface area (Å²) in [4.78, 5) is 24.6. The van der Waals surface area contributed by atoms with Crippen molar-refractivity contribution < 1.29 is 32.2 Å². The average molecular weight is 384 g/mol. The van der Waals surface area contributed by atoms with Crippen molar-refractivity contribution >= 4 is 22.0 Å². The Kier molecular flexibility index (Phi) is 5.05. The van der Waals surface area contributed by atoms with E-state index < -0.39 is 16.1 Å². The minimum absolute atomic E-state index is 0.102. The third kappa shape index (κ3) is 3.21. The SMILES string of the molecule is COc1ccc(S(=O)(=O)N2CCC(N3C(=O)COC3=O)CC2)cc1OC. The molecule has 0 bridgehead atoms. The molecule has 142 valence electrons. The Morgan fingerprint density at radius 1 is 1.08 bits per heavy atom. The van der Waals surface area contributed by atoms with Gasteiger partial charge in [-0.25, -0.2) is 18.1 Å². The fraction of sp³-hybridized carbons (Fsp3) is 0.500. The minimum atomic E-state index is -3.72. The quantitative estimate of drug-likeness (QED) is 0.741. The van der Waals surface area contributed by atoms with Crippen LogP contribution in [0.1, 0.15) is 12.8 Å². The van der Waals surface area contributed by atoms with Gasteiger partial charge in [-0.15, -0.1) is 0 Å². The van der Waals surface area contributed by atoms with E-state index in [0.717, 1.165) is 4.90 Å². The van der Waals surface area contributed by atoms with Crippen LogP contribution in [-0.2, 0) is 19.6 Å². The number of hydrogen-bond donors (Lipinski definition) is 0. The molecule has 2 heterocycles. The van der Waals surface area contributed by atoms with Gasteiger partial charge in [0.15, 0.2) is 18.1 Å². The third-order valence-electron chi connectivity index (χ3n) is 4.57. The van der Waals surface area contributed by atoms with Crippen LogP contribution in [0.4, 0.5) is 4.79 Å². The lowest BCUT2D eigenvalue weighted by Gasteiger charge is -2.34. The van der Waals surface area contributed by atoms with E-state index in [-0.39, 0.29) is 36.5 Å². The zero-order valence-electron chi connectivity index (χ0n) is 14.5. The van der Waals surface area contributed by atoms with Gasteiger partial charge >= 0.3 is 6.09 Å². The highest BCUT2D eigenvalue weighted by Crippen LogP contribution is 2.32. The Labute approximate surface area is 151 Å². The van der Waals surface area contributed by atoms with E-state index in [2.05, 4.69) is 0 Å². The molecule has 2 aliphatic heterocycles. The lowest BCUT2D eigenvalue weighted by atomic mass is 10.1. The van der Waals surface area contributed by atoms with Crippen molar-refractivity contribution in [3.05, 3.63) is 18.2 Å². The second-order valence-corrected chi connectivity index (χ2v) is 7.91. The summed E-state index contributed by atoms with van der Waals surface area (Å²) < 4.78 is 42.1. The summed E-state index contributed by atoms with van der Waals surface area (Å²) >= 11 is 0. The molecule has 2 fully saturated rings. The van der Waals surface area contributed by atoms with Gasteiger partial charge in [0.1, 0.15) is 0 Å². The van der Waals surface area contributed by atoms with E-state index in [1.807, 2.05) is 0 Å². The number of methoxy groups -OCH3 is 2. The van der Waals surface area contributed by atoms with Crippen LogP contribution in [-0.4, -0.2) is 69.6 Å². The molecule has 2 aliphatic rings. The van der Waals surface area contributed by atoms with E-state index in [1.54, 1.807) is 0 Å². The maximum Gasteiger partial charge on any atom is 0.417 e. The van der Waals surface area contributed by atoms with E-state index in [0.29, 0.717) is 24.3 Å². The molecule has 0 aromatic heterocycles. The number of piperidine rings is 1. The fourth-order valence-corrected chi connectivity index (χ4v) is 4.67. The van der Waals surface area contributed by atoms with Gasteiger partial charge in [0, 0.05) is 25.2 Å². The second-order valence-electron chi connectivity index (χ2n) is 5.97. The van der Waals surface area contributed by atoms with Crippen LogP contribution in [0.2, 0.25) is 0 Å². The number of carbonyl (C=O) groups is 2. The molecular weight excluding hydrogens is 364 g/mol. The van der Waals surface area contributed by atoms with Crippen molar-refractivity contribution in [2.45, 2.75) is 23.8 Å². The van der Waals surface area contributed by atoms with Crippen molar-refractivity contribution in [1.82, 2.24) is 9.21 Å². The highest BCUT2D eigenvalue weighted by atomic mass is 32.2. The number of sulfonamides is 1. The van der Waals surface area contributed by atoms with E-state index >= 15 is 0 Å². The summed E-state index contributed by atoms with van der Waals surface area (Å²) in [6.45, 7) is 0.166. The zero-order chi connectivity index (χ0) is 18.9. The summed E-state index contributed by atoms with van der Waals surface area (Å²) in [5.41, 5.74) is 0. The van der Waals surface area contributed by atoms with Gasteiger partial charge in [0.05, 0.1) is 19.1 Å². The van der Waals surface area contributed by atoms with Crippen LogP contribution >= 0.6 is 0 Å². The van der Waals surface area contributed by atoms with E-state index in [1.165, 1.54) is 36.7 Å². The predicted octanol–water partition coefficient (Wildman–Crippen LogP) is 0.836. The number of nitrogens with zero attached hydrogens (tertiary/aromatic N) is 2. The van der Waals surface area contributed by atoms with Gasteiger partial charge in [-0.3, -0.25) is 4.79 Å². The van der Waals surface area contributed by atoms with Crippen LogP contribution < -0.4 is 9.47 Å². The summed E-state index contributed by atoms with van der Waals surface area (Å²) in [7, 11) is -0.805. The number of imide groups is 1. The highest BCUT2D eigenvalue weighted by molar-refractivity contribution is 7.89. The van der Waals surface area contributed by atoms with Crippen molar-refractivity contribution in [2.75, 3.05) is 33.9 Å². The van der Waals surface area contributed by atoms with Crippen molar-refractivity contribution in [2.24, 2.45) is 0 Å². The normalized spacial score (nSPS) is 19.5. The summed E-state index contributed by atoms with van der Waals surface area (Å²) in [6.07, 6.45) is 0.0805. The number of carbonyl (C=O) groups excluding carboxylic acids is 2. The van der Waals surface area contributed by atoms with Gasteiger partial charge in [-0.1, -0.05) is 0 Å². The standard InChI is InChI=1S/C16H20N2O7S/c1-23-13-4-3-12(9-14(13)24-2)26(21,22)17-7-5-11(6-8-17)18-15(19)10-25-16(18)20/h3-4,9,11H,5-8,10H2,1-2H3. The van der Waals surface area contributed by atoms with Gasteiger partial charge in [-0.2, -0.15) is 4.31 Å². The number of cyclic esters (lactones) is 1. The monoisotopic (exact) mass is 384 g/mol. The maximum atomic E-state index is 12.9. The van der Waals surface area contributed by atoms with Crippen LogP contribution in [0.5, 0.6) is 11.5 Å². The van der Waals surface area contributed by atoms with Crippen LogP contribution in [0.3, 0.4) is 0 Å². The van der Waals surface area contributed by atoms with Crippen molar-refractivity contribution in [3.63, 3.8) is 0 Å². The smallest absolute Gasteiger partial charge is 0.417 e. The molecule has 10 heteroatoms. The maximum absolute atomic E-state index is 12.9. The van der Waals surface area contributed by atoms with Gasteiger partial charge < -0.3 is 14.2 Å². The van der Waals surface area contributed by atoms with Crippen LogP contribution in [0, 0.1) is 0 Å². The lowest BCUT2D eigenvalue weighted by Crippen LogP contribution is -2.48. The fourth-order valence-electron chi connectivity index (χ4n) is 3.18. The average Bonchev–Trinajstić information content (AvgIpc) is 2.99. The molecule has 0 aliphatic carbocycles. The molecule has 2 saturated heterocycles. The molecule has 0 saturated carbocycles. The largest absolute Gasteiger partial charge is 0.493 e. The zero-order valence-corrected chi connectivity index (χ0v) is 15.3. The molecule has 0 atom stereocenters. The van der Waals surface area contributed by atoms with Crippen molar-refractivity contribution in [3.8, 4) is 11.5 Å². The van der Waals surface area contributed by atoms with E-state index in [9.17, 15) is 18.0 Å². The summed E-state index contributed by atoms with van der Waals surface area (Å²) in [5, 5.41) is 0. The first-order chi connectivity index (χ1) is 12.4. The molecule has 0 unspecified atom stereocenters. The molecule has 2 amide bonds. The second kappa shape index (κ2) is 7.12. The highest BCUT2D eigenvalue weighted by Gasteiger charge is 2.40. The number of ether oxygens (including phenoxy) is 3. The molecule has 26 heavy (non-hydrogen) atoms. The molecule has 0 radical (unpaired) electrons. The third-order valence-corrected chi connectivity index (χ3v) is 6.46.